The van der Waals surface area contributed by atoms with Gasteiger partial charge in [-0.25, -0.2) is 0 Å². The minimum absolute atomic E-state index is 0.915. The Hall–Kier alpha value is -1.50. The lowest BCUT2D eigenvalue weighted by molar-refractivity contribution is 1.15. The van der Waals surface area contributed by atoms with Gasteiger partial charge in [0.1, 0.15) is 0 Å². The lowest BCUT2D eigenvalue weighted by Gasteiger charge is -2.09. The maximum Gasteiger partial charge on any atom is 0.0423 e. The van der Waals surface area contributed by atoms with Gasteiger partial charge in [0, 0.05) is 11.1 Å². The number of hydrogen-bond acceptors (Lipinski definition) is 1. The molecule has 0 aliphatic rings. The van der Waals surface area contributed by atoms with Crippen LogP contribution < -0.4 is 5.73 Å². The van der Waals surface area contributed by atoms with Crippen LogP contribution >= 0.6 is 0 Å². The molecule has 0 heterocycles. The zero-order valence-corrected chi connectivity index (χ0v) is 8.67. The molecular weight excluding hydrogens is 170 g/mol. The van der Waals surface area contributed by atoms with Crippen molar-refractivity contribution >= 4 is 16.5 Å². The van der Waals surface area contributed by atoms with Crippen molar-refractivity contribution in [3.63, 3.8) is 0 Å². The molecule has 0 unspecified atom stereocenters. The van der Waals surface area contributed by atoms with Crippen molar-refractivity contribution < 1.29 is 0 Å². The van der Waals surface area contributed by atoms with Gasteiger partial charge < -0.3 is 5.73 Å². The maximum atomic E-state index is 6.04. The fourth-order valence-electron chi connectivity index (χ4n) is 1.92. The van der Waals surface area contributed by atoms with Crippen LogP contribution in [0.2, 0.25) is 0 Å². The van der Waals surface area contributed by atoms with Crippen molar-refractivity contribution in [1.82, 2.24) is 0 Å². The van der Waals surface area contributed by atoms with E-state index < -0.39 is 0 Å². The van der Waals surface area contributed by atoms with E-state index in [1.807, 2.05) is 6.07 Å². The largest absolute Gasteiger partial charge is 0.398 e. The maximum absolute atomic E-state index is 6.04. The van der Waals surface area contributed by atoms with Gasteiger partial charge in [0.2, 0.25) is 0 Å². The van der Waals surface area contributed by atoms with E-state index in [0.29, 0.717) is 0 Å². The van der Waals surface area contributed by atoms with E-state index in [4.69, 9.17) is 5.73 Å². The lowest BCUT2D eigenvalue weighted by Crippen LogP contribution is -1.94. The van der Waals surface area contributed by atoms with Crippen molar-refractivity contribution in [2.45, 2.75) is 20.3 Å². The standard InChI is InChI=1S/C13H15N/c1-3-10-8-9(2)13(14)12-7-5-4-6-11(10)12/h4-8H,3,14H2,1-2H3. The number of fused-ring (bicyclic) bond motifs is 1. The van der Waals surface area contributed by atoms with E-state index in [9.17, 15) is 0 Å². The number of aryl methyl sites for hydroxylation is 2. The first-order valence-corrected chi connectivity index (χ1v) is 5.00. The van der Waals surface area contributed by atoms with Crippen LogP contribution in [0, 0.1) is 6.92 Å². The van der Waals surface area contributed by atoms with Gasteiger partial charge >= 0.3 is 0 Å². The van der Waals surface area contributed by atoms with Crippen LogP contribution in [0.4, 0.5) is 5.69 Å². The van der Waals surface area contributed by atoms with Crippen LogP contribution in [0.25, 0.3) is 10.8 Å². The summed E-state index contributed by atoms with van der Waals surface area (Å²) in [5, 5.41) is 2.47. The highest BCUT2D eigenvalue weighted by molar-refractivity contribution is 5.96. The second-order valence-corrected chi connectivity index (χ2v) is 3.67. The predicted molar refractivity (Wildman–Crippen MR) is 62.5 cm³/mol. The first kappa shape index (κ1) is 9.07. The smallest absolute Gasteiger partial charge is 0.0423 e. The molecule has 0 saturated carbocycles. The molecule has 0 aliphatic heterocycles. The molecule has 0 saturated heterocycles. The number of nitrogens with two attached hydrogens (primary N) is 1. The molecular formula is C13H15N. The molecule has 0 spiro atoms. The second-order valence-electron chi connectivity index (χ2n) is 3.67. The molecule has 2 N–H and O–H groups in total. The lowest BCUT2D eigenvalue weighted by atomic mass is 9.98. The van der Waals surface area contributed by atoms with Gasteiger partial charge in [0.25, 0.3) is 0 Å². The molecule has 0 fully saturated rings. The third kappa shape index (κ3) is 1.25. The van der Waals surface area contributed by atoms with E-state index >= 15 is 0 Å². The Balaban J connectivity index is 2.89. The Labute approximate surface area is 84.5 Å². The number of hydrogen-bond donors (Lipinski definition) is 1. The fourth-order valence-corrected chi connectivity index (χ4v) is 1.92. The molecule has 0 amide bonds. The summed E-state index contributed by atoms with van der Waals surface area (Å²) in [6, 6.07) is 10.5. The van der Waals surface area contributed by atoms with Gasteiger partial charge in [-0.3, -0.25) is 0 Å². The predicted octanol–water partition coefficient (Wildman–Crippen LogP) is 3.29. The quantitative estimate of drug-likeness (QED) is 0.678. The van der Waals surface area contributed by atoms with E-state index in [1.54, 1.807) is 0 Å². The zero-order valence-electron chi connectivity index (χ0n) is 8.67. The average molecular weight is 185 g/mol. The number of rotatable bonds is 1. The summed E-state index contributed by atoms with van der Waals surface area (Å²) < 4.78 is 0. The SMILES string of the molecule is CCc1cc(C)c(N)c2ccccc12. The number of nitrogen functional groups attached to an aromatic ring is 1. The highest BCUT2D eigenvalue weighted by Gasteiger charge is 2.04. The number of benzene rings is 2. The Morgan fingerprint density at radius 1 is 1.14 bits per heavy atom. The second kappa shape index (κ2) is 3.33. The molecule has 0 aliphatic carbocycles. The van der Waals surface area contributed by atoms with E-state index in [1.165, 1.54) is 21.9 Å². The van der Waals surface area contributed by atoms with Crippen LogP contribution in [0.15, 0.2) is 30.3 Å². The van der Waals surface area contributed by atoms with Crippen LogP contribution in [-0.4, -0.2) is 0 Å². The van der Waals surface area contributed by atoms with Crippen LogP contribution in [0.1, 0.15) is 18.1 Å². The fraction of sp³-hybridized carbons (Fsp3) is 0.231. The summed E-state index contributed by atoms with van der Waals surface area (Å²) in [6.45, 7) is 4.25. The minimum atomic E-state index is 0.915. The highest BCUT2D eigenvalue weighted by Crippen LogP contribution is 2.27. The molecule has 0 atom stereocenters. The van der Waals surface area contributed by atoms with Crippen LogP contribution in [0.3, 0.4) is 0 Å². The Kier molecular flexibility index (Phi) is 2.16. The molecule has 2 aromatic rings. The molecule has 0 bridgehead atoms. The van der Waals surface area contributed by atoms with Gasteiger partial charge in [0.05, 0.1) is 0 Å². The Morgan fingerprint density at radius 3 is 2.43 bits per heavy atom. The Morgan fingerprint density at radius 2 is 1.79 bits per heavy atom. The average Bonchev–Trinajstić information content (AvgIpc) is 2.23. The summed E-state index contributed by atoms with van der Waals surface area (Å²) in [6.07, 6.45) is 1.06. The molecule has 72 valence electrons. The molecule has 14 heavy (non-hydrogen) atoms. The summed E-state index contributed by atoms with van der Waals surface area (Å²) in [5.41, 5.74) is 9.52. The normalized spacial score (nSPS) is 10.7. The highest BCUT2D eigenvalue weighted by atomic mass is 14.6. The zero-order chi connectivity index (χ0) is 10.1. The van der Waals surface area contributed by atoms with E-state index in [2.05, 4.69) is 38.1 Å². The van der Waals surface area contributed by atoms with E-state index in [0.717, 1.165) is 12.1 Å². The number of anilines is 1. The van der Waals surface area contributed by atoms with Gasteiger partial charge in [-0.15, -0.1) is 0 Å². The molecule has 0 aromatic heterocycles. The van der Waals surface area contributed by atoms with Crippen molar-refractivity contribution in [3.8, 4) is 0 Å². The monoisotopic (exact) mass is 185 g/mol. The van der Waals surface area contributed by atoms with Gasteiger partial charge in [-0.1, -0.05) is 37.3 Å². The topological polar surface area (TPSA) is 26.0 Å². The third-order valence-electron chi connectivity index (χ3n) is 2.76. The van der Waals surface area contributed by atoms with Crippen molar-refractivity contribution in [2.24, 2.45) is 0 Å². The molecule has 2 rings (SSSR count). The van der Waals surface area contributed by atoms with E-state index in [-0.39, 0.29) is 0 Å². The molecule has 1 heteroatoms. The summed E-state index contributed by atoms with van der Waals surface area (Å²) in [4.78, 5) is 0. The van der Waals surface area contributed by atoms with Crippen molar-refractivity contribution in [2.75, 3.05) is 5.73 Å². The van der Waals surface area contributed by atoms with Crippen LogP contribution in [0.5, 0.6) is 0 Å². The Bertz CT molecular complexity index is 472. The molecule has 2 aromatic carbocycles. The van der Waals surface area contributed by atoms with Crippen molar-refractivity contribution in [3.05, 3.63) is 41.5 Å². The van der Waals surface area contributed by atoms with Crippen molar-refractivity contribution in [1.29, 1.82) is 0 Å². The first-order chi connectivity index (χ1) is 6.74. The molecule has 1 nitrogen and oxygen atoms in total. The summed E-state index contributed by atoms with van der Waals surface area (Å²) in [7, 11) is 0. The summed E-state index contributed by atoms with van der Waals surface area (Å²) in [5.74, 6) is 0. The van der Waals surface area contributed by atoms with Gasteiger partial charge in [-0.05, 0) is 29.9 Å². The van der Waals surface area contributed by atoms with Crippen LogP contribution in [-0.2, 0) is 6.42 Å². The van der Waals surface area contributed by atoms with Gasteiger partial charge in [0.15, 0.2) is 0 Å². The minimum Gasteiger partial charge on any atom is -0.398 e. The van der Waals surface area contributed by atoms with Gasteiger partial charge in [-0.2, -0.15) is 0 Å². The first-order valence-electron chi connectivity index (χ1n) is 5.00. The third-order valence-corrected chi connectivity index (χ3v) is 2.76. The summed E-state index contributed by atoms with van der Waals surface area (Å²) >= 11 is 0. The molecule has 0 radical (unpaired) electrons.